The van der Waals surface area contributed by atoms with Crippen LogP contribution in [0.25, 0.3) is 0 Å². The van der Waals surface area contributed by atoms with Gasteiger partial charge in [0, 0.05) is 17.9 Å². The minimum atomic E-state index is -0.244. The molecule has 6 heteroatoms. The molecule has 3 aromatic carbocycles. The Morgan fingerprint density at radius 3 is 2.14 bits per heavy atom. The lowest BCUT2D eigenvalue weighted by Crippen LogP contribution is -2.40. The van der Waals surface area contributed by atoms with Crippen molar-refractivity contribution in [2.24, 2.45) is 0 Å². The summed E-state index contributed by atoms with van der Waals surface area (Å²) in [5.41, 5.74) is 2.76. The minimum Gasteiger partial charge on any atom is -0.362 e. The molecule has 3 nitrogen and oxygen atoms in total. The summed E-state index contributed by atoms with van der Waals surface area (Å²) in [6, 6.07) is 25.7. The van der Waals surface area contributed by atoms with Gasteiger partial charge in [-0.1, -0.05) is 60.7 Å². The highest BCUT2D eigenvalue weighted by Gasteiger charge is 2.15. The highest BCUT2D eigenvalue weighted by Crippen LogP contribution is 2.35. The number of thiocarbonyl (C=S) groups is 1. The van der Waals surface area contributed by atoms with E-state index >= 15 is 0 Å². The molecule has 0 fully saturated rings. The van der Waals surface area contributed by atoms with Gasteiger partial charge in [-0.2, -0.15) is 0 Å². The van der Waals surface area contributed by atoms with Gasteiger partial charge in [0.1, 0.15) is 5.82 Å². The van der Waals surface area contributed by atoms with Crippen LogP contribution in [0.5, 0.6) is 0 Å². The van der Waals surface area contributed by atoms with Crippen LogP contribution in [0.3, 0.4) is 0 Å². The van der Waals surface area contributed by atoms with Crippen LogP contribution in [0, 0.1) is 5.82 Å². The number of benzene rings is 3. The van der Waals surface area contributed by atoms with Crippen LogP contribution in [0.1, 0.15) is 26.7 Å². The molecule has 0 aliphatic carbocycles. The monoisotopic (exact) mass is 424 g/mol. The highest BCUT2D eigenvalue weighted by atomic mass is 32.2. The maximum Gasteiger partial charge on any atom is 0.257 e. The normalized spacial score (nSPS) is 11.5. The summed E-state index contributed by atoms with van der Waals surface area (Å²) in [5, 5.41) is 6.15. The molecule has 0 aliphatic rings. The van der Waals surface area contributed by atoms with Crippen LogP contribution in [0.2, 0.25) is 0 Å². The van der Waals surface area contributed by atoms with Gasteiger partial charge in [-0.15, -0.1) is 11.8 Å². The van der Waals surface area contributed by atoms with Crippen LogP contribution in [-0.4, -0.2) is 23.3 Å². The molecule has 2 N–H and O–H groups in total. The van der Waals surface area contributed by atoms with E-state index in [1.165, 1.54) is 12.1 Å². The molecule has 0 saturated carbocycles. The molecule has 29 heavy (non-hydrogen) atoms. The SMILES string of the molecule is O=C(NC(=S)NCCSC(c1ccccc1)c1ccc(F)cc1)c1ccccc1. The first-order chi connectivity index (χ1) is 14.1. The Bertz CT molecular complexity index is 934. The molecule has 3 aromatic rings. The van der Waals surface area contributed by atoms with Crippen molar-refractivity contribution in [1.82, 2.24) is 10.6 Å². The molecule has 0 spiro atoms. The van der Waals surface area contributed by atoms with E-state index in [0.717, 1.165) is 16.9 Å². The van der Waals surface area contributed by atoms with Gasteiger partial charge in [-0.25, -0.2) is 4.39 Å². The second kappa shape index (κ2) is 10.7. The lowest BCUT2D eigenvalue weighted by atomic mass is 10.0. The fraction of sp³-hybridized carbons (Fsp3) is 0.130. The number of nitrogens with one attached hydrogen (secondary N) is 2. The van der Waals surface area contributed by atoms with Crippen molar-refractivity contribution in [2.45, 2.75) is 5.25 Å². The van der Waals surface area contributed by atoms with Crippen LogP contribution in [-0.2, 0) is 0 Å². The average Bonchev–Trinajstić information content (AvgIpc) is 2.76. The van der Waals surface area contributed by atoms with Gasteiger partial charge in [0.05, 0.1) is 5.25 Å². The summed E-state index contributed by atoms with van der Waals surface area (Å²) in [4.78, 5) is 12.1. The predicted octanol–water partition coefficient (Wildman–Crippen LogP) is 4.95. The number of rotatable bonds is 7. The van der Waals surface area contributed by atoms with Gasteiger partial charge in [-0.3, -0.25) is 10.1 Å². The second-order valence-electron chi connectivity index (χ2n) is 6.29. The van der Waals surface area contributed by atoms with Gasteiger partial charge in [0.15, 0.2) is 5.11 Å². The molecule has 0 bridgehead atoms. The van der Waals surface area contributed by atoms with Gasteiger partial charge >= 0.3 is 0 Å². The average molecular weight is 425 g/mol. The van der Waals surface area contributed by atoms with E-state index in [4.69, 9.17) is 12.2 Å². The van der Waals surface area contributed by atoms with Gasteiger partial charge in [-0.05, 0) is 47.6 Å². The van der Waals surface area contributed by atoms with Crippen molar-refractivity contribution in [3.05, 3.63) is 107 Å². The number of thioether (sulfide) groups is 1. The van der Waals surface area contributed by atoms with Crippen molar-refractivity contribution in [2.75, 3.05) is 12.3 Å². The number of hydrogen-bond donors (Lipinski definition) is 2. The summed E-state index contributed by atoms with van der Waals surface area (Å²) in [5.74, 6) is 0.286. The van der Waals surface area contributed by atoms with E-state index in [1.54, 1.807) is 36.0 Å². The molecule has 0 aliphatic heterocycles. The Labute approximate surface area is 179 Å². The van der Waals surface area contributed by atoms with Crippen LogP contribution in [0.15, 0.2) is 84.9 Å². The summed E-state index contributed by atoms with van der Waals surface area (Å²) in [6.45, 7) is 0.600. The first-order valence-corrected chi connectivity index (χ1v) is 10.7. The molecule has 1 amide bonds. The van der Waals surface area contributed by atoms with Crippen molar-refractivity contribution in [1.29, 1.82) is 0 Å². The van der Waals surface area contributed by atoms with Crippen LogP contribution in [0.4, 0.5) is 4.39 Å². The maximum atomic E-state index is 13.3. The van der Waals surface area contributed by atoms with Crippen LogP contribution >= 0.6 is 24.0 Å². The molecule has 1 atom stereocenters. The number of hydrogen-bond acceptors (Lipinski definition) is 3. The summed E-state index contributed by atoms with van der Waals surface area (Å²) in [6.07, 6.45) is 0. The molecule has 0 aromatic heterocycles. The van der Waals surface area contributed by atoms with E-state index in [9.17, 15) is 9.18 Å². The van der Waals surface area contributed by atoms with Crippen molar-refractivity contribution in [3.8, 4) is 0 Å². The van der Waals surface area contributed by atoms with Gasteiger partial charge in [0.2, 0.25) is 0 Å². The van der Waals surface area contributed by atoms with Crippen LogP contribution < -0.4 is 10.6 Å². The van der Waals surface area contributed by atoms with Gasteiger partial charge in [0.25, 0.3) is 5.91 Å². The second-order valence-corrected chi connectivity index (χ2v) is 7.91. The largest absolute Gasteiger partial charge is 0.362 e. The molecular formula is C23H21FN2OS2. The third kappa shape index (κ3) is 6.41. The quantitative estimate of drug-likeness (QED) is 0.416. The highest BCUT2D eigenvalue weighted by molar-refractivity contribution is 7.99. The zero-order valence-electron chi connectivity index (χ0n) is 15.7. The fourth-order valence-corrected chi connectivity index (χ4v) is 4.15. The Kier molecular flexibility index (Phi) is 7.78. The number of amides is 1. The van der Waals surface area contributed by atoms with Crippen molar-refractivity contribution >= 4 is 35.0 Å². The Balaban J connectivity index is 1.53. The molecular weight excluding hydrogens is 403 g/mol. The number of carbonyl (C=O) groups is 1. The number of halogens is 1. The Hall–Kier alpha value is -2.70. The first kappa shape index (κ1) is 21.0. The third-order valence-electron chi connectivity index (χ3n) is 4.21. The summed E-state index contributed by atoms with van der Waals surface area (Å²) in [7, 11) is 0. The summed E-state index contributed by atoms with van der Waals surface area (Å²) < 4.78 is 13.3. The maximum absolute atomic E-state index is 13.3. The summed E-state index contributed by atoms with van der Waals surface area (Å²) >= 11 is 6.95. The zero-order chi connectivity index (χ0) is 20.5. The van der Waals surface area contributed by atoms with Gasteiger partial charge < -0.3 is 5.32 Å². The topological polar surface area (TPSA) is 41.1 Å². The molecule has 0 heterocycles. The van der Waals surface area contributed by atoms with E-state index < -0.39 is 0 Å². The first-order valence-electron chi connectivity index (χ1n) is 9.20. The zero-order valence-corrected chi connectivity index (χ0v) is 17.3. The molecule has 0 saturated heterocycles. The van der Waals surface area contributed by atoms with E-state index in [2.05, 4.69) is 22.8 Å². The lowest BCUT2D eigenvalue weighted by molar-refractivity contribution is 0.0976. The van der Waals surface area contributed by atoms with E-state index in [1.807, 2.05) is 36.4 Å². The molecule has 3 rings (SSSR count). The fourth-order valence-electron chi connectivity index (χ4n) is 2.80. The molecule has 1 unspecified atom stereocenters. The predicted molar refractivity (Wildman–Crippen MR) is 122 cm³/mol. The number of carbonyl (C=O) groups excluding carboxylic acids is 1. The smallest absolute Gasteiger partial charge is 0.257 e. The lowest BCUT2D eigenvalue weighted by Gasteiger charge is -2.18. The van der Waals surface area contributed by atoms with Crippen molar-refractivity contribution < 1.29 is 9.18 Å². The molecule has 148 valence electrons. The standard InChI is InChI=1S/C23H21FN2OS2/c24-20-13-11-18(12-14-20)21(17-7-3-1-4-8-17)29-16-15-25-23(28)26-22(27)19-9-5-2-6-10-19/h1-14,21H,15-16H2,(H2,25,26,27,28). The minimum absolute atomic E-state index is 0.0890. The third-order valence-corrected chi connectivity index (χ3v) is 5.77. The van der Waals surface area contributed by atoms with E-state index in [0.29, 0.717) is 17.2 Å². The Morgan fingerprint density at radius 2 is 1.48 bits per heavy atom. The van der Waals surface area contributed by atoms with E-state index in [-0.39, 0.29) is 17.0 Å². The molecule has 0 radical (unpaired) electrons. The Morgan fingerprint density at radius 1 is 0.897 bits per heavy atom. The van der Waals surface area contributed by atoms with Crippen molar-refractivity contribution in [3.63, 3.8) is 0 Å².